The van der Waals surface area contributed by atoms with E-state index in [9.17, 15) is 14.0 Å². The van der Waals surface area contributed by atoms with Gasteiger partial charge in [0.2, 0.25) is 5.91 Å². The maximum absolute atomic E-state index is 13.1. The predicted molar refractivity (Wildman–Crippen MR) is 119 cm³/mol. The summed E-state index contributed by atoms with van der Waals surface area (Å²) in [6.45, 7) is 3.71. The van der Waals surface area contributed by atoms with Crippen molar-refractivity contribution < 1.29 is 18.4 Å². The van der Waals surface area contributed by atoms with Crippen LogP contribution in [0.5, 0.6) is 0 Å². The quantitative estimate of drug-likeness (QED) is 0.629. The summed E-state index contributed by atoms with van der Waals surface area (Å²) in [6.07, 6.45) is 1.83. The van der Waals surface area contributed by atoms with Gasteiger partial charge in [0.25, 0.3) is 5.91 Å². The number of rotatable bonds is 4. The molecule has 2 aliphatic heterocycles. The number of para-hydroxylation sites is 1. The van der Waals surface area contributed by atoms with Crippen molar-refractivity contribution >= 4 is 22.8 Å². The third-order valence-corrected chi connectivity index (χ3v) is 6.49. The second-order valence-corrected chi connectivity index (χ2v) is 8.58. The zero-order valence-corrected chi connectivity index (χ0v) is 17.9. The van der Waals surface area contributed by atoms with Gasteiger partial charge in [0, 0.05) is 43.2 Å². The SMILES string of the molecule is O=C(c1ccc(F)cc1)N1CCN(C2CCN(Cc3cc4ccccc4o3)CC2)C(=O)C1. The smallest absolute Gasteiger partial charge is 0.254 e. The first kappa shape index (κ1) is 20.7. The Bertz CT molecular complexity index is 1090. The summed E-state index contributed by atoms with van der Waals surface area (Å²) in [5.41, 5.74) is 1.32. The number of carbonyl (C=O) groups is 2. The fraction of sp³-hybridized carbons (Fsp3) is 0.360. The van der Waals surface area contributed by atoms with E-state index in [1.807, 2.05) is 23.1 Å². The molecule has 0 saturated carbocycles. The van der Waals surface area contributed by atoms with Crippen molar-refractivity contribution in [2.24, 2.45) is 0 Å². The van der Waals surface area contributed by atoms with E-state index in [1.54, 1.807) is 4.90 Å². The average Bonchev–Trinajstić information content (AvgIpc) is 3.22. The van der Waals surface area contributed by atoms with Crippen LogP contribution >= 0.6 is 0 Å². The molecular weight excluding hydrogens is 409 g/mol. The van der Waals surface area contributed by atoms with E-state index < -0.39 is 0 Å². The molecule has 7 heteroatoms. The van der Waals surface area contributed by atoms with Crippen LogP contribution in [-0.4, -0.2) is 65.3 Å². The third-order valence-electron chi connectivity index (χ3n) is 6.49. The third kappa shape index (κ3) is 4.25. The lowest BCUT2D eigenvalue weighted by molar-refractivity contribution is -0.138. The van der Waals surface area contributed by atoms with Crippen LogP contribution in [0.1, 0.15) is 29.0 Å². The van der Waals surface area contributed by atoms with Crippen molar-refractivity contribution in [3.05, 3.63) is 71.7 Å². The van der Waals surface area contributed by atoms with Gasteiger partial charge in [0.1, 0.15) is 23.7 Å². The Morgan fingerprint density at radius 1 is 1.00 bits per heavy atom. The highest BCUT2D eigenvalue weighted by Gasteiger charge is 2.33. The lowest BCUT2D eigenvalue weighted by atomic mass is 10.0. The van der Waals surface area contributed by atoms with Gasteiger partial charge in [-0.15, -0.1) is 0 Å². The Labute approximate surface area is 186 Å². The number of likely N-dealkylation sites (tertiary alicyclic amines) is 1. The number of nitrogens with zero attached hydrogens (tertiary/aromatic N) is 3. The van der Waals surface area contributed by atoms with E-state index in [0.717, 1.165) is 49.2 Å². The minimum atomic E-state index is -0.380. The van der Waals surface area contributed by atoms with Gasteiger partial charge in [-0.1, -0.05) is 18.2 Å². The standard InChI is InChI=1S/C25H26FN3O3/c26-20-7-5-18(6-8-20)25(31)28-13-14-29(24(30)17-28)21-9-11-27(12-10-21)16-22-15-19-3-1-2-4-23(19)32-22/h1-8,15,21H,9-14,16-17H2. The minimum Gasteiger partial charge on any atom is -0.460 e. The number of halogens is 1. The van der Waals surface area contributed by atoms with Crippen LogP contribution in [0, 0.1) is 5.82 Å². The molecule has 2 aromatic carbocycles. The van der Waals surface area contributed by atoms with Gasteiger partial charge in [-0.05, 0) is 49.2 Å². The highest BCUT2D eigenvalue weighted by Crippen LogP contribution is 2.24. The molecule has 0 spiro atoms. The van der Waals surface area contributed by atoms with E-state index in [1.165, 1.54) is 24.3 Å². The van der Waals surface area contributed by atoms with Crippen LogP contribution in [0.25, 0.3) is 11.0 Å². The lowest BCUT2D eigenvalue weighted by Gasteiger charge is -2.42. The van der Waals surface area contributed by atoms with E-state index in [4.69, 9.17) is 4.42 Å². The molecule has 0 bridgehead atoms. The lowest BCUT2D eigenvalue weighted by Crippen LogP contribution is -2.57. The number of hydrogen-bond donors (Lipinski definition) is 0. The van der Waals surface area contributed by atoms with Crippen molar-refractivity contribution in [2.45, 2.75) is 25.4 Å². The largest absolute Gasteiger partial charge is 0.460 e. The Morgan fingerprint density at radius 3 is 2.47 bits per heavy atom. The molecule has 0 unspecified atom stereocenters. The molecule has 2 aliphatic rings. The predicted octanol–water partition coefficient (Wildman–Crippen LogP) is 3.52. The number of piperazine rings is 1. The maximum atomic E-state index is 13.1. The Hall–Kier alpha value is -3.19. The number of hydrogen-bond acceptors (Lipinski definition) is 4. The molecule has 5 rings (SSSR count). The van der Waals surface area contributed by atoms with Gasteiger partial charge in [0.15, 0.2) is 0 Å². The van der Waals surface area contributed by atoms with Crippen LogP contribution in [0.3, 0.4) is 0 Å². The summed E-state index contributed by atoms with van der Waals surface area (Å²) in [7, 11) is 0. The van der Waals surface area contributed by atoms with E-state index >= 15 is 0 Å². The van der Waals surface area contributed by atoms with Gasteiger partial charge in [-0.2, -0.15) is 0 Å². The molecule has 3 heterocycles. The number of fused-ring (bicyclic) bond motifs is 1. The average molecular weight is 435 g/mol. The second-order valence-electron chi connectivity index (χ2n) is 8.58. The number of benzene rings is 2. The Morgan fingerprint density at radius 2 is 1.75 bits per heavy atom. The highest BCUT2D eigenvalue weighted by atomic mass is 19.1. The van der Waals surface area contributed by atoms with E-state index in [2.05, 4.69) is 17.0 Å². The topological polar surface area (TPSA) is 57.0 Å². The van der Waals surface area contributed by atoms with Crippen molar-refractivity contribution in [1.29, 1.82) is 0 Å². The van der Waals surface area contributed by atoms with Crippen LogP contribution in [0.2, 0.25) is 0 Å². The van der Waals surface area contributed by atoms with E-state index in [-0.39, 0.29) is 30.2 Å². The summed E-state index contributed by atoms with van der Waals surface area (Å²) >= 11 is 0. The summed E-state index contributed by atoms with van der Waals surface area (Å²) in [5.74, 6) is 0.351. The molecule has 1 aromatic heterocycles. The first-order chi connectivity index (χ1) is 15.6. The first-order valence-corrected chi connectivity index (χ1v) is 11.1. The Kier molecular flexibility index (Phi) is 5.66. The summed E-state index contributed by atoms with van der Waals surface area (Å²) in [6, 6.07) is 15.8. The van der Waals surface area contributed by atoms with E-state index in [0.29, 0.717) is 18.7 Å². The minimum absolute atomic E-state index is 0.0116. The van der Waals surface area contributed by atoms with Crippen molar-refractivity contribution in [3.8, 4) is 0 Å². The molecule has 0 aliphatic carbocycles. The molecule has 32 heavy (non-hydrogen) atoms. The zero-order chi connectivity index (χ0) is 22.1. The summed E-state index contributed by atoms with van der Waals surface area (Å²) in [4.78, 5) is 31.3. The molecule has 0 atom stereocenters. The number of piperidine rings is 1. The van der Waals surface area contributed by atoms with Gasteiger partial charge in [-0.25, -0.2) is 4.39 Å². The first-order valence-electron chi connectivity index (χ1n) is 11.1. The maximum Gasteiger partial charge on any atom is 0.254 e. The van der Waals surface area contributed by atoms with Crippen molar-refractivity contribution in [2.75, 3.05) is 32.7 Å². The second kappa shape index (κ2) is 8.74. The molecule has 166 valence electrons. The molecule has 2 fully saturated rings. The van der Waals surface area contributed by atoms with Crippen LogP contribution in [0.15, 0.2) is 59.0 Å². The molecule has 2 amide bonds. The van der Waals surface area contributed by atoms with Crippen molar-refractivity contribution in [3.63, 3.8) is 0 Å². The van der Waals surface area contributed by atoms with Crippen LogP contribution in [0.4, 0.5) is 4.39 Å². The van der Waals surface area contributed by atoms with Crippen LogP contribution in [-0.2, 0) is 11.3 Å². The number of furan rings is 1. The number of amides is 2. The highest BCUT2D eigenvalue weighted by molar-refractivity contribution is 5.97. The molecule has 3 aromatic rings. The fourth-order valence-corrected chi connectivity index (χ4v) is 4.75. The van der Waals surface area contributed by atoms with Crippen LogP contribution < -0.4 is 0 Å². The normalized spacial score (nSPS) is 18.5. The van der Waals surface area contributed by atoms with Gasteiger partial charge in [-0.3, -0.25) is 14.5 Å². The fourth-order valence-electron chi connectivity index (χ4n) is 4.75. The summed E-state index contributed by atoms with van der Waals surface area (Å²) in [5, 5.41) is 1.12. The van der Waals surface area contributed by atoms with Gasteiger partial charge < -0.3 is 14.2 Å². The molecule has 6 nitrogen and oxygen atoms in total. The van der Waals surface area contributed by atoms with Gasteiger partial charge >= 0.3 is 0 Å². The Balaban J connectivity index is 1.14. The van der Waals surface area contributed by atoms with Crippen molar-refractivity contribution in [1.82, 2.24) is 14.7 Å². The molecular formula is C25H26FN3O3. The number of carbonyl (C=O) groups excluding carboxylic acids is 2. The molecule has 0 N–H and O–H groups in total. The molecule has 2 saturated heterocycles. The molecule has 0 radical (unpaired) electrons. The zero-order valence-electron chi connectivity index (χ0n) is 17.9. The van der Waals surface area contributed by atoms with Gasteiger partial charge in [0.05, 0.1) is 6.54 Å². The summed E-state index contributed by atoms with van der Waals surface area (Å²) < 4.78 is 19.1. The monoisotopic (exact) mass is 435 g/mol.